The van der Waals surface area contributed by atoms with Crippen LogP contribution in [0.25, 0.3) is 0 Å². The first-order valence-electron chi connectivity index (χ1n) is 5.99. The Balaban J connectivity index is 0.000000312. The monoisotopic (exact) mass is 255 g/mol. The van der Waals surface area contributed by atoms with Gasteiger partial charge in [-0.25, -0.2) is 0 Å². The van der Waals surface area contributed by atoms with Crippen molar-refractivity contribution in [3.05, 3.63) is 71.8 Å². The van der Waals surface area contributed by atoms with Gasteiger partial charge in [0, 0.05) is 11.1 Å². The summed E-state index contributed by atoms with van der Waals surface area (Å²) in [7, 11) is 0. The van der Waals surface area contributed by atoms with Gasteiger partial charge in [0.1, 0.15) is 5.78 Å². The number of Topliss-reactive ketones (excluding diaryl/α,β-unsaturated/α-hetero) is 1. The Morgan fingerprint density at radius 2 is 1.16 bits per heavy atom. The molecule has 0 radical (unpaired) electrons. The molecular formula is C16H17NO2. The maximum Gasteiger partial charge on any atom is 0.193 e. The van der Waals surface area contributed by atoms with Gasteiger partial charge in [-0.05, 0) is 6.92 Å². The molecule has 3 nitrogen and oxygen atoms in total. The van der Waals surface area contributed by atoms with Crippen LogP contribution in [0.2, 0.25) is 0 Å². The van der Waals surface area contributed by atoms with Crippen LogP contribution in [-0.2, 0) is 4.79 Å². The summed E-state index contributed by atoms with van der Waals surface area (Å²) >= 11 is 0. The van der Waals surface area contributed by atoms with Gasteiger partial charge in [-0.2, -0.15) is 0 Å². The summed E-state index contributed by atoms with van der Waals surface area (Å²) in [6.45, 7) is 1.62. The van der Waals surface area contributed by atoms with Crippen LogP contribution in [0.1, 0.15) is 22.8 Å². The zero-order valence-corrected chi connectivity index (χ0v) is 10.9. The molecule has 2 N–H and O–H groups in total. The molecule has 2 aromatic carbocycles. The molecule has 0 saturated heterocycles. The second kappa shape index (κ2) is 7.95. The predicted octanol–water partition coefficient (Wildman–Crippen LogP) is 2.45. The molecule has 0 aromatic heterocycles. The third kappa shape index (κ3) is 5.27. The highest BCUT2D eigenvalue weighted by Gasteiger charge is 2.06. The number of hydrogen-bond donors (Lipinski definition) is 1. The average Bonchev–Trinajstić information content (AvgIpc) is 2.49. The molecule has 0 bridgehead atoms. The van der Waals surface area contributed by atoms with E-state index in [0.29, 0.717) is 0 Å². The molecule has 0 aliphatic heterocycles. The minimum atomic E-state index is 0.0324. The molecule has 98 valence electrons. The second-order valence-corrected chi connectivity index (χ2v) is 3.97. The maximum absolute atomic E-state index is 11.8. The average molecular weight is 255 g/mol. The largest absolute Gasteiger partial charge is 0.324 e. The van der Waals surface area contributed by atoms with Crippen molar-refractivity contribution in [1.82, 2.24) is 0 Å². The number of benzene rings is 2. The number of carbonyl (C=O) groups is 2. The summed E-state index contributed by atoms with van der Waals surface area (Å²) in [4.78, 5) is 21.5. The van der Waals surface area contributed by atoms with Gasteiger partial charge in [0.05, 0.1) is 6.54 Å². The van der Waals surface area contributed by atoms with E-state index in [9.17, 15) is 9.59 Å². The topological polar surface area (TPSA) is 60.2 Å². The molecule has 0 aliphatic carbocycles. The lowest BCUT2D eigenvalue weighted by molar-refractivity contribution is -0.115. The van der Waals surface area contributed by atoms with Gasteiger partial charge in [0.25, 0.3) is 0 Å². The molecule has 0 heterocycles. The number of carbonyl (C=O) groups excluding carboxylic acids is 2. The first kappa shape index (κ1) is 14.8. The molecule has 0 fully saturated rings. The fourth-order valence-corrected chi connectivity index (χ4v) is 1.35. The van der Waals surface area contributed by atoms with E-state index in [1.807, 2.05) is 60.7 Å². The van der Waals surface area contributed by atoms with Crippen LogP contribution >= 0.6 is 0 Å². The molecule has 2 aromatic rings. The summed E-state index contributed by atoms with van der Waals surface area (Å²) in [5.41, 5.74) is 6.29. The van der Waals surface area contributed by atoms with Crippen molar-refractivity contribution in [3.63, 3.8) is 0 Å². The van der Waals surface area contributed by atoms with Crippen molar-refractivity contribution in [1.29, 1.82) is 0 Å². The molecule has 0 unspecified atom stereocenters. The van der Waals surface area contributed by atoms with E-state index in [1.165, 1.54) is 6.92 Å². The fraction of sp³-hybridized carbons (Fsp3) is 0.125. The van der Waals surface area contributed by atoms with E-state index in [0.717, 1.165) is 11.1 Å². The van der Waals surface area contributed by atoms with E-state index in [1.54, 1.807) is 0 Å². The lowest BCUT2D eigenvalue weighted by Gasteiger charge is -1.99. The Morgan fingerprint density at radius 1 is 0.842 bits per heavy atom. The Morgan fingerprint density at radius 3 is 1.42 bits per heavy atom. The summed E-state index contributed by atoms with van der Waals surface area (Å²) < 4.78 is 0. The minimum Gasteiger partial charge on any atom is -0.324 e. The normalized spacial score (nSPS) is 9.16. The van der Waals surface area contributed by atoms with Gasteiger partial charge in [-0.15, -0.1) is 0 Å². The number of nitrogens with two attached hydrogens (primary N) is 1. The zero-order valence-electron chi connectivity index (χ0n) is 10.9. The quantitative estimate of drug-likeness (QED) is 0.857. The third-order valence-corrected chi connectivity index (χ3v) is 2.36. The van der Waals surface area contributed by atoms with Crippen LogP contribution in [0.15, 0.2) is 60.7 Å². The van der Waals surface area contributed by atoms with E-state index in [4.69, 9.17) is 5.73 Å². The standard InChI is InChI=1S/C13H10O.C3H7NO/c14-13(11-7-3-1-4-8-11)12-9-5-2-6-10-12;1-3(5)2-4/h1-10H;2,4H2,1H3. The van der Waals surface area contributed by atoms with Crippen LogP contribution in [0, 0.1) is 0 Å². The second-order valence-electron chi connectivity index (χ2n) is 3.97. The van der Waals surface area contributed by atoms with Gasteiger partial charge in [0.2, 0.25) is 0 Å². The van der Waals surface area contributed by atoms with E-state index in [-0.39, 0.29) is 18.1 Å². The number of rotatable bonds is 3. The molecule has 0 atom stereocenters. The van der Waals surface area contributed by atoms with Crippen molar-refractivity contribution in [3.8, 4) is 0 Å². The highest BCUT2D eigenvalue weighted by atomic mass is 16.1. The van der Waals surface area contributed by atoms with Crippen molar-refractivity contribution >= 4 is 11.6 Å². The van der Waals surface area contributed by atoms with Crippen LogP contribution in [-0.4, -0.2) is 18.1 Å². The molecule has 0 saturated carbocycles. The summed E-state index contributed by atoms with van der Waals surface area (Å²) in [5, 5.41) is 0. The van der Waals surface area contributed by atoms with Gasteiger partial charge >= 0.3 is 0 Å². The van der Waals surface area contributed by atoms with Crippen LogP contribution in [0.3, 0.4) is 0 Å². The smallest absolute Gasteiger partial charge is 0.193 e. The van der Waals surface area contributed by atoms with Gasteiger partial charge in [-0.1, -0.05) is 60.7 Å². The highest BCUT2D eigenvalue weighted by molar-refractivity contribution is 6.08. The predicted molar refractivity (Wildman–Crippen MR) is 76.1 cm³/mol. The number of hydrogen-bond acceptors (Lipinski definition) is 3. The molecule has 0 spiro atoms. The van der Waals surface area contributed by atoms with Crippen LogP contribution < -0.4 is 5.73 Å². The van der Waals surface area contributed by atoms with Gasteiger partial charge < -0.3 is 5.73 Å². The molecule has 19 heavy (non-hydrogen) atoms. The Labute approximate surface area is 113 Å². The van der Waals surface area contributed by atoms with Crippen molar-refractivity contribution in [2.75, 3.05) is 6.54 Å². The fourth-order valence-electron chi connectivity index (χ4n) is 1.35. The number of ketones is 2. The molecular weight excluding hydrogens is 238 g/mol. The van der Waals surface area contributed by atoms with E-state index >= 15 is 0 Å². The van der Waals surface area contributed by atoms with Crippen LogP contribution in [0.5, 0.6) is 0 Å². The SMILES string of the molecule is CC(=O)CN.O=C(c1ccccc1)c1ccccc1. The molecule has 0 aliphatic rings. The first-order chi connectivity index (χ1) is 9.15. The van der Waals surface area contributed by atoms with Gasteiger partial charge in [-0.3, -0.25) is 9.59 Å². The van der Waals surface area contributed by atoms with Crippen LogP contribution in [0.4, 0.5) is 0 Å². The highest BCUT2D eigenvalue weighted by Crippen LogP contribution is 2.08. The zero-order chi connectivity index (χ0) is 14.1. The van der Waals surface area contributed by atoms with Crippen molar-refractivity contribution < 1.29 is 9.59 Å². The third-order valence-electron chi connectivity index (χ3n) is 2.36. The maximum atomic E-state index is 11.8. The summed E-state index contributed by atoms with van der Waals surface area (Å²) in [6, 6.07) is 18.6. The lowest BCUT2D eigenvalue weighted by Crippen LogP contribution is -2.07. The van der Waals surface area contributed by atoms with Gasteiger partial charge in [0.15, 0.2) is 5.78 Å². The summed E-state index contributed by atoms with van der Waals surface area (Å²) in [5.74, 6) is 0.108. The Kier molecular flexibility index (Phi) is 6.19. The lowest BCUT2D eigenvalue weighted by atomic mass is 10.0. The van der Waals surface area contributed by atoms with E-state index in [2.05, 4.69) is 0 Å². The molecule has 2 rings (SSSR count). The van der Waals surface area contributed by atoms with Crippen molar-refractivity contribution in [2.45, 2.75) is 6.92 Å². The molecule has 3 heteroatoms. The minimum absolute atomic E-state index is 0.0324. The van der Waals surface area contributed by atoms with Crippen molar-refractivity contribution in [2.24, 2.45) is 5.73 Å². The Hall–Kier alpha value is -2.26. The van der Waals surface area contributed by atoms with E-state index < -0.39 is 0 Å². The first-order valence-corrected chi connectivity index (χ1v) is 5.99. The Bertz CT molecular complexity index is 479. The summed E-state index contributed by atoms with van der Waals surface area (Å²) in [6.07, 6.45) is 0. The molecule has 0 amide bonds.